The van der Waals surface area contributed by atoms with Crippen LogP contribution in [0.15, 0.2) is 66.2 Å². The van der Waals surface area contributed by atoms with E-state index in [-0.39, 0.29) is 5.57 Å². The van der Waals surface area contributed by atoms with Gasteiger partial charge in [0.1, 0.15) is 24.0 Å². The minimum Gasteiger partial charge on any atom is -0.488 e. The first-order chi connectivity index (χ1) is 14.9. The van der Waals surface area contributed by atoms with Crippen molar-refractivity contribution in [2.24, 2.45) is 0 Å². The minimum absolute atomic E-state index is 0.0168. The minimum atomic E-state index is -0.444. The zero-order valence-electron chi connectivity index (χ0n) is 18.3. The number of nitrogens with zero attached hydrogens (tertiary/aromatic N) is 1. The number of rotatable bonds is 6. The number of amides is 1. The van der Waals surface area contributed by atoms with E-state index in [9.17, 15) is 10.1 Å². The van der Waals surface area contributed by atoms with Crippen molar-refractivity contribution in [2.75, 3.05) is 5.32 Å². The van der Waals surface area contributed by atoms with E-state index < -0.39 is 5.91 Å². The lowest BCUT2D eigenvalue weighted by Gasteiger charge is -2.12. The van der Waals surface area contributed by atoms with Crippen LogP contribution in [0.5, 0.6) is 5.75 Å². The molecule has 3 aromatic rings. The summed E-state index contributed by atoms with van der Waals surface area (Å²) in [6.45, 7) is 8.48. The molecule has 0 aliphatic heterocycles. The molecular formula is C27H26N2O2. The van der Waals surface area contributed by atoms with Crippen molar-refractivity contribution in [3.8, 4) is 11.8 Å². The number of ether oxygens (including phenoxy) is 1. The molecule has 1 amide bonds. The first-order valence-corrected chi connectivity index (χ1v) is 10.2. The van der Waals surface area contributed by atoms with Crippen molar-refractivity contribution in [1.29, 1.82) is 5.26 Å². The predicted octanol–water partition coefficient (Wildman–Crippen LogP) is 6.04. The van der Waals surface area contributed by atoms with E-state index >= 15 is 0 Å². The number of nitrogens with one attached hydrogen (secondary N) is 1. The average molecular weight is 411 g/mol. The molecule has 4 heteroatoms. The highest BCUT2D eigenvalue weighted by molar-refractivity contribution is 6.10. The molecule has 0 radical (unpaired) electrons. The molecule has 156 valence electrons. The van der Waals surface area contributed by atoms with E-state index in [2.05, 4.69) is 31.3 Å². The molecule has 0 unspecified atom stereocenters. The van der Waals surface area contributed by atoms with Crippen LogP contribution in [-0.4, -0.2) is 5.91 Å². The van der Waals surface area contributed by atoms with Crippen molar-refractivity contribution in [2.45, 2.75) is 34.3 Å². The Labute approximate surface area is 183 Å². The Hall–Kier alpha value is -3.84. The number of benzene rings is 3. The maximum Gasteiger partial charge on any atom is 0.266 e. The lowest BCUT2D eigenvalue weighted by atomic mass is 10.1. The summed E-state index contributed by atoms with van der Waals surface area (Å²) < 4.78 is 6.01. The summed E-state index contributed by atoms with van der Waals surface area (Å²) in [5.74, 6) is 0.174. The van der Waals surface area contributed by atoms with E-state index in [0.717, 1.165) is 16.7 Å². The van der Waals surface area contributed by atoms with E-state index in [4.69, 9.17) is 4.74 Å². The molecule has 0 aliphatic carbocycles. The lowest BCUT2D eigenvalue weighted by Crippen LogP contribution is -2.14. The third kappa shape index (κ3) is 5.40. The van der Waals surface area contributed by atoms with Gasteiger partial charge >= 0.3 is 0 Å². The molecule has 3 aromatic carbocycles. The lowest BCUT2D eigenvalue weighted by molar-refractivity contribution is -0.112. The smallest absolute Gasteiger partial charge is 0.266 e. The molecule has 0 saturated heterocycles. The van der Waals surface area contributed by atoms with Gasteiger partial charge in [-0.2, -0.15) is 5.26 Å². The number of hydrogen-bond donors (Lipinski definition) is 1. The van der Waals surface area contributed by atoms with Crippen LogP contribution in [0.2, 0.25) is 0 Å². The van der Waals surface area contributed by atoms with Gasteiger partial charge in [-0.05, 0) is 73.7 Å². The van der Waals surface area contributed by atoms with E-state index in [1.54, 1.807) is 6.08 Å². The van der Waals surface area contributed by atoms with Crippen molar-refractivity contribution >= 4 is 17.7 Å². The average Bonchev–Trinajstić information content (AvgIpc) is 2.76. The fraction of sp³-hybridized carbons (Fsp3) is 0.185. The van der Waals surface area contributed by atoms with Gasteiger partial charge in [0.15, 0.2) is 0 Å². The summed E-state index contributed by atoms with van der Waals surface area (Å²) in [5, 5.41) is 12.4. The van der Waals surface area contributed by atoms with Crippen molar-refractivity contribution in [1.82, 2.24) is 0 Å². The van der Waals surface area contributed by atoms with Gasteiger partial charge in [-0.15, -0.1) is 0 Å². The maximum absolute atomic E-state index is 12.7. The van der Waals surface area contributed by atoms with Crippen LogP contribution in [0.25, 0.3) is 6.08 Å². The second-order valence-electron chi connectivity index (χ2n) is 7.62. The largest absolute Gasteiger partial charge is 0.488 e. The highest BCUT2D eigenvalue weighted by atomic mass is 16.5. The molecule has 0 bridgehead atoms. The summed E-state index contributed by atoms with van der Waals surface area (Å²) in [7, 11) is 0. The number of aryl methyl sites for hydroxylation is 3. The van der Waals surface area contributed by atoms with Crippen LogP contribution in [-0.2, 0) is 11.4 Å². The van der Waals surface area contributed by atoms with Gasteiger partial charge in [0, 0.05) is 11.3 Å². The Morgan fingerprint density at radius 3 is 2.48 bits per heavy atom. The number of anilines is 1. The van der Waals surface area contributed by atoms with Crippen LogP contribution in [0, 0.1) is 39.0 Å². The molecule has 0 saturated carbocycles. The Balaban J connectivity index is 1.81. The monoisotopic (exact) mass is 410 g/mol. The molecule has 0 heterocycles. The summed E-state index contributed by atoms with van der Waals surface area (Å²) in [6, 6.07) is 21.3. The Kier molecular flexibility index (Phi) is 6.89. The van der Waals surface area contributed by atoms with Crippen LogP contribution >= 0.6 is 0 Å². The third-order valence-electron chi connectivity index (χ3n) is 5.40. The van der Waals surface area contributed by atoms with Crippen LogP contribution in [0.1, 0.15) is 33.4 Å². The number of carbonyl (C=O) groups is 1. The van der Waals surface area contributed by atoms with Gasteiger partial charge < -0.3 is 10.1 Å². The van der Waals surface area contributed by atoms with E-state index in [1.807, 2.05) is 68.4 Å². The molecule has 4 nitrogen and oxygen atoms in total. The number of nitriles is 1. The maximum atomic E-state index is 12.7. The highest BCUT2D eigenvalue weighted by Gasteiger charge is 2.13. The van der Waals surface area contributed by atoms with Crippen molar-refractivity contribution in [3.05, 3.63) is 99.6 Å². The van der Waals surface area contributed by atoms with Gasteiger partial charge in [0.25, 0.3) is 5.91 Å². The summed E-state index contributed by atoms with van der Waals surface area (Å²) in [5.41, 5.74) is 6.96. The third-order valence-corrected chi connectivity index (χ3v) is 5.40. The Morgan fingerprint density at radius 1 is 0.968 bits per heavy atom. The van der Waals surface area contributed by atoms with Gasteiger partial charge in [-0.1, -0.05) is 48.5 Å². The fourth-order valence-electron chi connectivity index (χ4n) is 3.17. The second kappa shape index (κ2) is 9.77. The summed E-state index contributed by atoms with van der Waals surface area (Å²) >= 11 is 0. The molecule has 1 N–H and O–H groups in total. The molecule has 0 atom stereocenters. The number of hydrogen-bond acceptors (Lipinski definition) is 3. The number of para-hydroxylation sites is 1. The molecule has 31 heavy (non-hydrogen) atoms. The van der Waals surface area contributed by atoms with Gasteiger partial charge in [0.2, 0.25) is 0 Å². The summed E-state index contributed by atoms with van der Waals surface area (Å²) in [4.78, 5) is 12.7. The van der Waals surface area contributed by atoms with Crippen LogP contribution in [0.4, 0.5) is 5.69 Å². The van der Waals surface area contributed by atoms with Crippen molar-refractivity contribution < 1.29 is 9.53 Å². The van der Waals surface area contributed by atoms with E-state index in [1.165, 1.54) is 11.1 Å². The van der Waals surface area contributed by atoms with Crippen molar-refractivity contribution in [3.63, 3.8) is 0 Å². The Morgan fingerprint density at radius 2 is 1.74 bits per heavy atom. The highest BCUT2D eigenvalue weighted by Crippen LogP contribution is 2.24. The normalized spacial score (nSPS) is 11.0. The second-order valence-corrected chi connectivity index (χ2v) is 7.62. The van der Waals surface area contributed by atoms with Crippen LogP contribution < -0.4 is 10.1 Å². The van der Waals surface area contributed by atoms with Crippen LogP contribution in [0.3, 0.4) is 0 Å². The van der Waals surface area contributed by atoms with Gasteiger partial charge in [-0.3, -0.25) is 4.79 Å². The molecule has 0 aliphatic rings. The van der Waals surface area contributed by atoms with Gasteiger partial charge in [0.05, 0.1) is 0 Å². The fourth-order valence-corrected chi connectivity index (χ4v) is 3.17. The SMILES string of the molecule is Cc1ccc(COc2ccccc2/C=C(\C#N)C(=O)Nc2cccc(C)c2C)cc1C. The molecule has 0 spiro atoms. The predicted molar refractivity (Wildman–Crippen MR) is 125 cm³/mol. The Bertz CT molecular complexity index is 1190. The summed E-state index contributed by atoms with van der Waals surface area (Å²) in [6.07, 6.45) is 1.57. The topological polar surface area (TPSA) is 62.1 Å². The van der Waals surface area contributed by atoms with Gasteiger partial charge in [-0.25, -0.2) is 0 Å². The number of carbonyl (C=O) groups excluding carboxylic acids is 1. The molecule has 0 aromatic heterocycles. The zero-order chi connectivity index (χ0) is 22.4. The first-order valence-electron chi connectivity index (χ1n) is 10.2. The first kappa shape index (κ1) is 21.9. The van der Waals surface area contributed by atoms with E-state index in [0.29, 0.717) is 23.6 Å². The molecular weight excluding hydrogens is 384 g/mol. The zero-order valence-corrected chi connectivity index (χ0v) is 18.3. The standard InChI is InChI=1S/C27H26N2O2/c1-18-12-13-22(14-20(18)3)17-31-26-11-6-5-9-23(26)15-24(16-28)27(30)29-25-10-7-8-19(2)21(25)4/h5-15H,17H2,1-4H3,(H,29,30)/b24-15+. The quantitative estimate of drug-likeness (QED) is 0.398. The molecule has 0 fully saturated rings. The molecule has 3 rings (SSSR count).